The molecule has 0 aromatic heterocycles. The molecule has 1 rings (SSSR count). The maximum Gasteiger partial charge on any atom is 0.238 e. The van der Waals surface area contributed by atoms with Gasteiger partial charge in [-0.05, 0) is 32.6 Å². The van der Waals surface area contributed by atoms with Crippen LogP contribution in [-0.4, -0.2) is 17.5 Å². The summed E-state index contributed by atoms with van der Waals surface area (Å²) in [5, 5.41) is 2.75. The fourth-order valence-corrected chi connectivity index (χ4v) is 1.44. The van der Waals surface area contributed by atoms with Gasteiger partial charge in [-0.3, -0.25) is 4.79 Å². The number of nitrogens with two attached hydrogens (primary N) is 1. The third kappa shape index (κ3) is 2.49. The van der Waals surface area contributed by atoms with Gasteiger partial charge in [-0.1, -0.05) is 12.3 Å². The Kier molecular flexibility index (Phi) is 3.17. The molecule has 3 heteroatoms. The minimum absolute atomic E-state index is 0.127. The molecule has 0 aromatic carbocycles. The van der Waals surface area contributed by atoms with Crippen LogP contribution in [0.2, 0.25) is 0 Å². The Morgan fingerprint density at radius 1 is 1.64 bits per heavy atom. The van der Waals surface area contributed by atoms with Crippen LogP contribution in [0.15, 0.2) is 0 Å². The lowest BCUT2D eigenvalue weighted by atomic mass is 9.79. The highest BCUT2D eigenvalue weighted by molar-refractivity contribution is 5.83. The van der Waals surface area contributed by atoms with Crippen molar-refractivity contribution in [2.75, 3.05) is 0 Å². The molecule has 3 nitrogen and oxygen atoms in total. The van der Waals surface area contributed by atoms with Crippen LogP contribution in [0, 0.1) is 18.3 Å². The van der Waals surface area contributed by atoms with E-state index in [0.29, 0.717) is 5.92 Å². The maximum atomic E-state index is 11.6. The molecule has 1 atom stereocenters. The standard InChI is InChI=1S/C11H18N2O/c1-4-11(2,3)13-10(14)9(12)8-6-5-7-8/h1,8-9H,5-7,12H2,2-3H3,(H,13,14). The Labute approximate surface area is 85.4 Å². The third-order valence-corrected chi connectivity index (χ3v) is 2.76. The van der Waals surface area contributed by atoms with Crippen molar-refractivity contribution in [3.05, 3.63) is 0 Å². The second-order valence-electron chi connectivity index (χ2n) is 4.48. The number of carbonyl (C=O) groups is 1. The average Bonchev–Trinajstić information content (AvgIpc) is 2.00. The van der Waals surface area contributed by atoms with Crippen molar-refractivity contribution in [3.63, 3.8) is 0 Å². The lowest BCUT2D eigenvalue weighted by Gasteiger charge is -2.32. The molecule has 1 amide bonds. The van der Waals surface area contributed by atoms with Gasteiger partial charge < -0.3 is 11.1 Å². The van der Waals surface area contributed by atoms with Gasteiger partial charge in [0.15, 0.2) is 0 Å². The summed E-state index contributed by atoms with van der Waals surface area (Å²) in [6.07, 6.45) is 8.58. The first kappa shape index (κ1) is 11.1. The van der Waals surface area contributed by atoms with Gasteiger partial charge in [0.2, 0.25) is 5.91 Å². The molecule has 0 saturated heterocycles. The summed E-state index contributed by atoms with van der Waals surface area (Å²) in [6.45, 7) is 3.58. The van der Waals surface area contributed by atoms with Gasteiger partial charge in [-0.25, -0.2) is 0 Å². The first-order valence-electron chi connectivity index (χ1n) is 5.01. The van der Waals surface area contributed by atoms with Gasteiger partial charge in [0, 0.05) is 0 Å². The van der Waals surface area contributed by atoms with E-state index in [0.717, 1.165) is 12.8 Å². The molecule has 0 bridgehead atoms. The second kappa shape index (κ2) is 4.02. The zero-order valence-corrected chi connectivity index (χ0v) is 8.84. The number of rotatable bonds is 3. The van der Waals surface area contributed by atoms with Crippen molar-refractivity contribution in [2.24, 2.45) is 11.7 Å². The molecule has 1 aliphatic carbocycles. The second-order valence-corrected chi connectivity index (χ2v) is 4.48. The first-order valence-corrected chi connectivity index (χ1v) is 5.01. The molecule has 3 N–H and O–H groups in total. The van der Waals surface area contributed by atoms with Gasteiger partial charge in [0.25, 0.3) is 0 Å². The monoisotopic (exact) mass is 194 g/mol. The largest absolute Gasteiger partial charge is 0.339 e. The lowest BCUT2D eigenvalue weighted by molar-refractivity contribution is -0.125. The van der Waals surface area contributed by atoms with E-state index in [9.17, 15) is 4.79 Å². The number of hydrogen-bond donors (Lipinski definition) is 2. The summed E-state index contributed by atoms with van der Waals surface area (Å²) in [6, 6.07) is -0.392. The van der Waals surface area contributed by atoms with Gasteiger partial charge in [0.05, 0.1) is 11.6 Å². The highest BCUT2D eigenvalue weighted by Crippen LogP contribution is 2.28. The predicted octanol–water partition coefficient (Wildman–Crippen LogP) is 0.642. The molecule has 0 aliphatic heterocycles. The van der Waals surface area contributed by atoms with Crippen LogP contribution in [0.5, 0.6) is 0 Å². The Hall–Kier alpha value is -1.01. The minimum Gasteiger partial charge on any atom is -0.339 e. The van der Waals surface area contributed by atoms with Gasteiger partial charge >= 0.3 is 0 Å². The van der Waals surface area contributed by atoms with E-state index >= 15 is 0 Å². The molecular formula is C11H18N2O. The molecule has 1 unspecified atom stereocenters. The molecule has 1 fully saturated rings. The average molecular weight is 194 g/mol. The Bertz CT molecular complexity index is 261. The number of nitrogens with one attached hydrogen (secondary N) is 1. The van der Waals surface area contributed by atoms with Crippen molar-refractivity contribution >= 4 is 5.91 Å². The van der Waals surface area contributed by atoms with E-state index in [2.05, 4.69) is 11.2 Å². The zero-order valence-electron chi connectivity index (χ0n) is 8.84. The smallest absolute Gasteiger partial charge is 0.238 e. The van der Waals surface area contributed by atoms with Crippen LogP contribution in [0.3, 0.4) is 0 Å². The van der Waals surface area contributed by atoms with Crippen LogP contribution in [0.4, 0.5) is 0 Å². The van der Waals surface area contributed by atoms with Crippen molar-refractivity contribution in [2.45, 2.75) is 44.7 Å². The summed E-state index contributed by atoms with van der Waals surface area (Å²) in [7, 11) is 0. The Morgan fingerprint density at radius 2 is 2.21 bits per heavy atom. The van der Waals surface area contributed by atoms with E-state index in [-0.39, 0.29) is 5.91 Å². The summed E-state index contributed by atoms with van der Waals surface area (Å²) >= 11 is 0. The van der Waals surface area contributed by atoms with Crippen molar-refractivity contribution in [1.29, 1.82) is 0 Å². The van der Waals surface area contributed by atoms with E-state index in [1.54, 1.807) is 13.8 Å². The summed E-state index contributed by atoms with van der Waals surface area (Å²) in [5.74, 6) is 2.74. The third-order valence-electron chi connectivity index (χ3n) is 2.76. The number of hydrogen-bond acceptors (Lipinski definition) is 2. The van der Waals surface area contributed by atoms with E-state index in [1.807, 2.05) is 0 Å². The van der Waals surface area contributed by atoms with Crippen molar-refractivity contribution in [1.82, 2.24) is 5.32 Å². The van der Waals surface area contributed by atoms with Crippen LogP contribution in [0.1, 0.15) is 33.1 Å². The topological polar surface area (TPSA) is 55.1 Å². The lowest BCUT2D eigenvalue weighted by Crippen LogP contribution is -2.53. The highest BCUT2D eigenvalue weighted by atomic mass is 16.2. The molecule has 0 radical (unpaired) electrons. The number of terminal acetylenes is 1. The quantitative estimate of drug-likeness (QED) is 0.648. The van der Waals surface area contributed by atoms with Crippen LogP contribution < -0.4 is 11.1 Å². The molecule has 0 spiro atoms. The normalized spacial score (nSPS) is 19.3. The molecular weight excluding hydrogens is 176 g/mol. The van der Waals surface area contributed by atoms with Gasteiger partial charge in [-0.15, -0.1) is 6.42 Å². The molecule has 1 aliphatic rings. The summed E-state index contributed by atoms with van der Waals surface area (Å²) in [5.41, 5.74) is 5.20. The maximum absolute atomic E-state index is 11.6. The van der Waals surface area contributed by atoms with E-state index < -0.39 is 11.6 Å². The van der Waals surface area contributed by atoms with Crippen LogP contribution in [0.25, 0.3) is 0 Å². The van der Waals surface area contributed by atoms with E-state index in [1.165, 1.54) is 6.42 Å². The minimum atomic E-state index is -0.599. The SMILES string of the molecule is C#CC(C)(C)NC(=O)C(N)C1CCC1. The Balaban J connectivity index is 2.45. The fraction of sp³-hybridized carbons (Fsp3) is 0.727. The summed E-state index contributed by atoms with van der Waals surface area (Å²) < 4.78 is 0. The number of amides is 1. The van der Waals surface area contributed by atoms with Crippen molar-refractivity contribution in [3.8, 4) is 12.3 Å². The fourth-order valence-electron chi connectivity index (χ4n) is 1.44. The van der Waals surface area contributed by atoms with E-state index in [4.69, 9.17) is 12.2 Å². The van der Waals surface area contributed by atoms with Crippen molar-refractivity contribution < 1.29 is 4.79 Å². The van der Waals surface area contributed by atoms with Gasteiger partial charge in [0.1, 0.15) is 0 Å². The zero-order chi connectivity index (χ0) is 10.8. The highest BCUT2D eigenvalue weighted by Gasteiger charge is 2.31. The molecule has 0 heterocycles. The number of carbonyl (C=O) groups excluding carboxylic acids is 1. The summed E-state index contributed by atoms with van der Waals surface area (Å²) in [4.78, 5) is 11.6. The molecule has 0 aromatic rings. The Morgan fingerprint density at radius 3 is 2.57 bits per heavy atom. The molecule has 1 saturated carbocycles. The first-order chi connectivity index (χ1) is 6.46. The molecule has 78 valence electrons. The van der Waals surface area contributed by atoms with Gasteiger partial charge in [-0.2, -0.15) is 0 Å². The van der Waals surface area contributed by atoms with Crippen LogP contribution in [-0.2, 0) is 4.79 Å². The van der Waals surface area contributed by atoms with Crippen LogP contribution >= 0.6 is 0 Å². The predicted molar refractivity (Wildman–Crippen MR) is 56.4 cm³/mol. The molecule has 14 heavy (non-hydrogen) atoms.